The number of ether oxygens (including phenoxy) is 3. The van der Waals surface area contributed by atoms with Gasteiger partial charge in [-0.05, 0) is 46.2 Å². The smallest absolute Gasteiger partial charge is 0.259 e. The zero-order valence-electron chi connectivity index (χ0n) is 26.3. The van der Waals surface area contributed by atoms with E-state index in [0.717, 1.165) is 0 Å². The molecule has 2 N–H and O–H groups in total. The van der Waals surface area contributed by atoms with E-state index in [1.807, 2.05) is 30.0 Å². The van der Waals surface area contributed by atoms with Crippen LogP contribution in [-0.2, 0) is 23.3 Å². The highest BCUT2D eigenvalue weighted by molar-refractivity contribution is 7.44. The molecule has 3 heterocycles. The molecule has 2 aliphatic heterocycles. The van der Waals surface area contributed by atoms with Gasteiger partial charge >= 0.3 is 0 Å². The molecule has 5 unspecified atom stereocenters. The lowest BCUT2D eigenvalue weighted by atomic mass is 10.1. The number of carbonyl (C=O) groups excluding carboxylic acids is 1. The Balaban J connectivity index is 1.62. The van der Waals surface area contributed by atoms with Gasteiger partial charge in [-0.2, -0.15) is 5.26 Å². The van der Waals surface area contributed by atoms with Gasteiger partial charge in [-0.15, -0.1) is 0 Å². The summed E-state index contributed by atoms with van der Waals surface area (Å²) in [6, 6.07) is 11.4. The van der Waals surface area contributed by atoms with Crippen LogP contribution in [0.15, 0.2) is 36.7 Å². The average Bonchev–Trinajstić information content (AvgIpc) is 3.59. The number of fused-ring (bicyclic) bond motifs is 1. The number of hydrogen-bond donors (Lipinski definition) is 2. The Morgan fingerprint density at radius 1 is 1.18 bits per heavy atom. The van der Waals surface area contributed by atoms with Crippen LogP contribution >= 0.6 is 8.53 Å². The van der Waals surface area contributed by atoms with Crippen LogP contribution < -0.4 is 15.5 Å². The van der Waals surface area contributed by atoms with E-state index < -0.39 is 27.0 Å². The van der Waals surface area contributed by atoms with Crippen LogP contribution in [0.4, 0.5) is 17.3 Å². The number of nitrogens with one attached hydrogen (secondary N) is 2. The highest BCUT2D eigenvalue weighted by Crippen LogP contribution is 2.50. The summed E-state index contributed by atoms with van der Waals surface area (Å²) in [5.41, 5.74) is 1.12. The topological polar surface area (TPSA) is 143 Å². The first-order chi connectivity index (χ1) is 21.3. The van der Waals surface area contributed by atoms with Gasteiger partial charge in [0.05, 0.1) is 45.1 Å². The lowest BCUT2D eigenvalue weighted by Gasteiger charge is -2.38. The molecule has 1 amide bonds. The molecule has 0 saturated carbocycles. The Bertz CT molecular complexity index is 1240. The molecule has 0 spiro atoms. The zero-order valence-corrected chi connectivity index (χ0v) is 27.2. The van der Waals surface area contributed by atoms with E-state index in [1.54, 1.807) is 19.2 Å². The van der Waals surface area contributed by atoms with Crippen molar-refractivity contribution < 1.29 is 28.1 Å². The van der Waals surface area contributed by atoms with Crippen LogP contribution in [0.5, 0.6) is 0 Å². The number of carbonyl (C=O) groups is 1. The summed E-state index contributed by atoms with van der Waals surface area (Å²) in [6.45, 7) is 11.8. The third-order valence-corrected chi connectivity index (χ3v) is 9.39. The second kappa shape index (κ2) is 16.4. The van der Waals surface area contributed by atoms with Gasteiger partial charge in [0.25, 0.3) is 14.4 Å². The number of methoxy groups -OCH3 is 1. The van der Waals surface area contributed by atoms with E-state index in [0.29, 0.717) is 49.2 Å². The molecule has 5 atom stereocenters. The van der Waals surface area contributed by atoms with Crippen molar-refractivity contribution >= 4 is 31.8 Å². The molecule has 0 radical (unpaired) electrons. The van der Waals surface area contributed by atoms with Crippen molar-refractivity contribution in [3.05, 3.63) is 42.2 Å². The largest absolute Gasteiger partial charge is 0.382 e. The maximum absolute atomic E-state index is 12.9. The number of rotatable bonds is 16. The van der Waals surface area contributed by atoms with Gasteiger partial charge in [-0.1, -0.05) is 25.1 Å². The van der Waals surface area contributed by atoms with E-state index in [4.69, 9.17) is 28.5 Å². The van der Waals surface area contributed by atoms with Gasteiger partial charge in [0, 0.05) is 24.8 Å². The van der Waals surface area contributed by atoms with Crippen LogP contribution in [0.25, 0.3) is 0 Å². The Hall–Kier alpha value is -2.95. The first-order valence-corrected chi connectivity index (χ1v) is 16.2. The van der Waals surface area contributed by atoms with Crippen LogP contribution in [0.1, 0.15) is 57.8 Å². The van der Waals surface area contributed by atoms with E-state index >= 15 is 0 Å². The predicted molar refractivity (Wildman–Crippen MR) is 168 cm³/mol. The van der Waals surface area contributed by atoms with Gasteiger partial charge < -0.3 is 38.8 Å². The lowest BCUT2D eigenvalue weighted by molar-refractivity contribution is -0.0494. The molecule has 2 aliphatic rings. The third-order valence-electron chi connectivity index (χ3n) is 7.26. The second-order valence-corrected chi connectivity index (χ2v) is 12.4. The van der Waals surface area contributed by atoms with Crippen LogP contribution in [-0.4, -0.2) is 90.8 Å². The Kier molecular flexibility index (Phi) is 12.6. The van der Waals surface area contributed by atoms with E-state index in [2.05, 4.69) is 59.0 Å². The van der Waals surface area contributed by atoms with Crippen molar-refractivity contribution in [1.29, 1.82) is 5.26 Å². The van der Waals surface area contributed by atoms with Crippen molar-refractivity contribution in [3.8, 4) is 6.07 Å². The van der Waals surface area contributed by atoms with Gasteiger partial charge in [-0.3, -0.25) is 4.79 Å². The molecule has 4 rings (SSSR count). The minimum absolute atomic E-state index is 0.144. The molecule has 1 aromatic heterocycles. The summed E-state index contributed by atoms with van der Waals surface area (Å²) < 4.78 is 33.6. The average molecular weight is 630 g/mol. The summed E-state index contributed by atoms with van der Waals surface area (Å²) in [4.78, 5) is 23.8. The van der Waals surface area contributed by atoms with Crippen LogP contribution in [0.3, 0.4) is 0 Å². The third kappa shape index (κ3) is 8.00. The molecule has 1 fully saturated rings. The molecule has 1 aromatic carbocycles. The van der Waals surface area contributed by atoms with Gasteiger partial charge in [0.2, 0.25) is 0 Å². The standard InChI is InChI=1S/C30H44N7O6P/c1-7-23-25(43-44(41-15-11-14-31)37(20(2)3)21(4)5)26(40-17-16-39-6)30(42-23)36-19-34-24-27(32-18-33-28(24)36)35-29(38)22-12-9-8-10-13-22/h8-10,12-13,18,20-21,23,25-26,30,34H,7,11,15-17,19H2,1-6H3,(H,32,33,35,38). The fraction of sp³-hybridized carbons (Fsp3) is 0.600. The summed E-state index contributed by atoms with van der Waals surface area (Å²) in [6.07, 6.45) is 0.495. The van der Waals surface area contributed by atoms with Crippen molar-refractivity contribution in [1.82, 2.24) is 14.6 Å². The predicted octanol–water partition coefficient (Wildman–Crippen LogP) is 4.75. The van der Waals surface area contributed by atoms with Crippen molar-refractivity contribution in [3.63, 3.8) is 0 Å². The summed E-state index contributed by atoms with van der Waals surface area (Å²) in [7, 11) is 0.0874. The fourth-order valence-electron chi connectivity index (χ4n) is 5.33. The highest BCUT2D eigenvalue weighted by Gasteiger charge is 2.51. The van der Waals surface area contributed by atoms with E-state index in [1.165, 1.54) is 6.33 Å². The Morgan fingerprint density at radius 3 is 2.59 bits per heavy atom. The van der Waals surface area contributed by atoms with E-state index in [-0.39, 0.29) is 37.1 Å². The lowest BCUT2D eigenvalue weighted by Crippen LogP contribution is -2.47. The molecule has 2 aromatic rings. The van der Waals surface area contributed by atoms with Gasteiger partial charge in [0.1, 0.15) is 24.2 Å². The first kappa shape index (κ1) is 33.9. The maximum Gasteiger partial charge on any atom is 0.259 e. The van der Waals surface area contributed by atoms with Crippen molar-refractivity contribution in [2.75, 3.05) is 49.1 Å². The zero-order chi connectivity index (χ0) is 31.6. The molecule has 0 aliphatic carbocycles. The van der Waals surface area contributed by atoms with Crippen LogP contribution in [0.2, 0.25) is 0 Å². The molecular weight excluding hydrogens is 585 g/mol. The Labute approximate surface area is 261 Å². The monoisotopic (exact) mass is 629 g/mol. The quantitative estimate of drug-likeness (QED) is 0.195. The number of benzene rings is 1. The Morgan fingerprint density at radius 2 is 1.93 bits per heavy atom. The summed E-state index contributed by atoms with van der Waals surface area (Å²) in [5, 5.41) is 15.4. The van der Waals surface area contributed by atoms with Gasteiger partial charge in [0.15, 0.2) is 17.9 Å². The number of nitriles is 1. The SMILES string of the molecule is CCC1OC(N2CNc3c(NC(=O)c4ccccc4)ncnc32)C(OCCOC)C1OP(OCCC#N)N(C(C)C)C(C)C. The summed E-state index contributed by atoms with van der Waals surface area (Å²) in [5.74, 6) is 0.691. The number of anilines is 3. The molecular formula is C30H44N7O6P. The molecule has 44 heavy (non-hydrogen) atoms. The van der Waals surface area contributed by atoms with Crippen molar-refractivity contribution in [2.24, 2.45) is 0 Å². The highest BCUT2D eigenvalue weighted by atomic mass is 31.2. The van der Waals surface area contributed by atoms with Crippen molar-refractivity contribution in [2.45, 2.75) is 84.1 Å². The minimum atomic E-state index is -1.54. The summed E-state index contributed by atoms with van der Waals surface area (Å²) >= 11 is 0. The molecule has 0 bridgehead atoms. The molecule has 14 heteroatoms. The number of nitrogens with zero attached hydrogens (tertiary/aromatic N) is 5. The first-order valence-electron chi connectivity index (χ1n) is 15.0. The van der Waals surface area contributed by atoms with Gasteiger partial charge in [-0.25, -0.2) is 14.6 Å². The number of hydrogen-bond acceptors (Lipinski definition) is 12. The number of aromatic nitrogens is 2. The van der Waals surface area contributed by atoms with E-state index in [9.17, 15) is 4.79 Å². The molecule has 1 saturated heterocycles. The fourth-order valence-corrected chi connectivity index (χ4v) is 7.10. The maximum atomic E-state index is 12.9. The van der Waals surface area contributed by atoms with Crippen LogP contribution in [0, 0.1) is 11.3 Å². The number of amides is 1. The minimum Gasteiger partial charge on any atom is -0.382 e. The molecule has 240 valence electrons. The second-order valence-electron chi connectivity index (χ2n) is 11.0. The normalized spacial score (nSPS) is 21.9. The molecule has 13 nitrogen and oxygen atoms in total.